The Bertz CT molecular complexity index is 1260. The second kappa shape index (κ2) is 25.0. The van der Waals surface area contributed by atoms with E-state index in [0.29, 0.717) is 31.4 Å². The Balaban J connectivity index is 0.000000462. The molecule has 0 saturated heterocycles. The molecule has 3 rings (SSSR count). The van der Waals surface area contributed by atoms with Gasteiger partial charge in [-0.1, -0.05) is 42.4 Å². The molecule has 13 nitrogen and oxygen atoms in total. The van der Waals surface area contributed by atoms with E-state index in [-0.39, 0.29) is 6.61 Å². The molecule has 0 radical (unpaired) electrons. The normalized spacial score (nSPS) is 18.1. The number of aliphatic hydroxyl groups is 1. The van der Waals surface area contributed by atoms with Crippen LogP contribution in [0.1, 0.15) is 43.7 Å². The van der Waals surface area contributed by atoms with Crippen LogP contribution in [0.15, 0.2) is 48.1 Å². The smallest absolute Gasteiger partial charge is 0.320 e. The molecular weight excluding hydrogens is 642 g/mol. The lowest BCUT2D eigenvalue weighted by atomic mass is 9.94. The third kappa shape index (κ3) is 17.2. The second-order valence-corrected chi connectivity index (χ2v) is 12.0. The highest BCUT2D eigenvalue weighted by molar-refractivity contribution is 7.99. The number of carboxylic acids is 1. The number of thioether (sulfide) groups is 1. The number of allylic oxidation sites excluding steroid dienone is 6. The first-order valence-electron chi connectivity index (χ1n) is 15.5. The quantitative estimate of drug-likeness (QED) is 0.0501. The van der Waals surface area contributed by atoms with Crippen LogP contribution in [-0.4, -0.2) is 103 Å². The van der Waals surface area contributed by atoms with Gasteiger partial charge in [-0.05, 0) is 69.3 Å². The van der Waals surface area contributed by atoms with Crippen molar-refractivity contribution in [1.82, 2.24) is 10.2 Å². The Morgan fingerprint density at radius 1 is 1.21 bits per heavy atom. The molecule has 1 aromatic carbocycles. The molecule has 0 fully saturated rings. The SMILES string of the molecule is C#CO.CC(C=O)NC(CC/C1=C/C/C=C\C=CC1)C(=O)O.COc1cc2c(cc1OC)CN(C)C(COCCSCCO[N+](=O)[O-])C2. The number of carbonyl (C=O) groups excluding carboxylic acids is 1. The number of benzene rings is 1. The highest BCUT2D eigenvalue weighted by atomic mass is 32.2. The molecule has 0 spiro atoms. The van der Waals surface area contributed by atoms with E-state index in [4.69, 9.17) is 24.4 Å². The van der Waals surface area contributed by atoms with E-state index >= 15 is 0 Å². The van der Waals surface area contributed by atoms with E-state index in [1.807, 2.05) is 18.2 Å². The molecule has 266 valence electrons. The fraction of sp³-hybridized carbons (Fsp3) is 0.529. The summed E-state index contributed by atoms with van der Waals surface area (Å²) in [7, 11) is 5.39. The average molecular weight is 692 g/mol. The monoisotopic (exact) mass is 691 g/mol. The number of hydrogen-bond acceptors (Lipinski definition) is 12. The van der Waals surface area contributed by atoms with Gasteiger partial charge < -0.3 is 34.1 Å². The first-order chi connectivity index (χ1) is 23.1. The molecule has 48 heavy (non-hydrogen) atoms. The van der Waals surface area contributed by atoms with Crippen molar-refractivity contribution in [2.45, 2.75) is 63.7 Å². The van der Waals surface area contributed by atoms with Gasteiger partial charge in [0.25, 0.3) is 5.09 Å². The van der Waals surface area contributed by atoms with Gasteiger partial charge in [0.2, 0.25) is 0 Å². The lowest BCUT2D eigenvalue weighted by Crippen LogP contribution is -2.42. The van der Waals surface area contributed by atoms with E-state index in [1.54, 1.807) is 32.9 Å². The summed E-state index contributed by atoms with van der Waals surface area (Å²) in [5.74, 6) is 1.98. The van der Waals surface area contributed by atoms with E-state index in [0.717, 1.165) is 55.8 Å². The number of aliphatic hydroxyl groups excluding tert-OH is 1. The molecule has 1 aliphatic carbocycles. The summed E-state index contributed by atoms with van der Waals surface area (Å²) in [6.45, 7) is 3.88. The topological polar surface area (TPSA) is 170 Å². The Morgan fingerprint density at radius 2 is 1.85 bits per heavy atom. The van der Waals surface area contributed by atoms with Gasteiger partial charge in [-0.15, -0.1) is 10.1 Å². The molecule has 3 unspecified atom stereocenters. The molecule has 14 heteroatoms. The van der Waals surface area contributed by atoms with Crippen LogP contribution in [0, 0.1) is 22.6 Å². The largest absolute Gasteiger partial charge is 0.493 e. The van der Waals surface area contributed by atoms with Crippen molar-refractivity contribution in [3.8, 4) is 24.0 Å². The van der Waals surface area contributed by atoms with Crippen LogP contribution in [0.5, 0.6) is 11.5 Å². The standard InChI is InChI=1S/C17H26N2O6S.C15H21NO3.C2H2O/c1-18-11-14-10-17(23-3)16(22-2)9-13(14)8-15(18)12-24-4-6-26-7-5-25-19(20)21;1-12(11-17)16-14(15(18)19)10-9-13-7-5-3-2-4-6-8-13;1-2-3/h9-10,15H,4-8,11-12H2,1-3H3;2-5,8,11-12,14,16H,6-7,9-10H2,1H3,(H,18,19);1,3H/b;4-2-,5-3?,13-8+;. The van der Waals surface area contributed by atoms with E-state index in [9.17, 15) is 19.7 Å². The number of hydrogen-bond donors (Lipinski definition) is 3. The summed E-state index contributed by atoms with van der Waals surface area (Å²) in [6.07, 6.45) is 20.3. The lowest BCUT2D eigenvalue weighted by molar-refractivity contribution is -0.756. The molecular formula is C34H49N3O10S. The number of aldehydes is 1. The molecule has 0 aromatic heterocycles. The number of fused-ring (bicyclic) bond motifs is 1. The average Bonchev–Trinajstić information content (AvgIpc) is 3.04. The molecule has 2 aliphatic rings. The van der Waals surface area contributed by atoms with Crippen molar-refractivity contribution >= 4 is 24.0 Å². The molecule has 3 N–H and O–H groups in total. The Kier molecular flexibility index (Phi) is 21.9. The number of terminal acetylenes is 1. The Hall–Kier alpha value is -4.03. The maximum Gasteiger partial charge on any atom is 0.320 e. The van der Waals surface area contributed by atoms with Crippen LogP contribution in [0.3, 0.4) is 0 Å². The molecule has 1 heterocycles. The van der Waals surface area contributed by atoms with Gasteiger partial charge >= 0.3 is 5.97 Å². The lowest BCUT2D eigenvalue weighted by Gasteiger charge is -2.34. The van der Waals surface area contributed by atoms with Crippen LogP contribution >= 0.6 is 11.8 Å². The minimum atomic E-state index is -0.907. The molecule has 0 bridgehead atoms. The van der Waals surface area contributed by atoms with Crippen LogP contribution in [-0.2, 0) is 32.1 Å². The summed E-state index contributed by atoms with van der Waals surface area (Å²) >= 11 is 1.58. The highest BCUT2D eigenvalue weighted by Crippen LogP contribution is 2.34. The molecule has 0 amide bonds. The van der Waals surface area contributed by atoms with Crippen LogP contribution in [0.25, 0.3) is 0 Å². The van der Waals surface area contributed by atoms with Crippen molar-refractivity contribution in [3.05, 3.63) is 69.3 Å². The number of rotatable bonds is 18. The number of ether oxygens (including phenoxy) is 3. The number of carboxylic acid groups (broad SMARTS) is 1. The fourth-order valence-electron chi connectivity index (χ4n) is 4.85. The summed E-state index contributed by atoms with van der Waals surface area (Å²) in [5, 5.41) is 28.3. The molecule has 0 saturated carbocycles. The maximum atomic E-state index is 11.1. The summed E-state index contributed by atoms with van der Waals surface area (Å²) < 4.78 is 16.6. The van der Waals surface area contributed by atoms with Crippen molar-refractivity contribution in [2.24, 2.45) is 0 Å². The van der Waals surface area contributed by atoms with Crippen molar-refractivity contribution in [1.29, 1.82) is 0 Å². The summed E-state index contributed by atoms with van der Waals surface area (Å²) in [6, 6.07) is 3.30. The number of likely N-dealkylation sites (N-methyl/N-ethyl adjacent to an activating group) is 1. The third-order valence-corrected chi connectivity index (χ3v) is 8.25. The van der Waals surface area contributed by atoms with Gasteiger partial charge in [0.1, 0.15) is 25.0 Å². The van der Waals surface area contributed by atoms with Crippen LogP contribution in [0.4, 0.5) is 0 Å². The van der Waals surface area contributed by atoms with E-state index in [2.05, 4.69) is 52.8 Å². The molecule has 1 aromatic rings. The number of methoxy groups -OCH3 is 2. The number of nitrogens with zero attached hydrogens (tertiary/aromatic N) is 2. The Morgan fingerprint density at radius 3 is 2.48 bits per heavy atom. The molecule has 1 aliphatic heterocycles. The van der Waals surface area contributed by atoms with Crippen molar-refractivity contribution in [2.75, 3.05) is 52.6 Å². The summed E-state index contributed by atoms with van der Waals surface area (Å²) in [4.78, 5) is 38.3. The first kappa shape index (κ1) is 42.0. The highest BCUT2D eigenvalue weighted by Gasteiger charge is 2.25. The minimum Gasteiger partial charge on any atom is -0.493 e. The van der Waals surface area contributed by atoms with E-state index in [1.165, 1.54) is 22.8 Å². The first-order valence-corrected chi connectivity index (χ1v) is 16.7. The van der Waals surface area contributed by atoms with Crippen molar-refractivity contribution < 1.29 is 43.9 Å². The minimum absolute atomic E-state index is 0.116. The zero-order valence-electron chi connectivity index (χ0n) is 28.2. The van der Waals surface area contributed by atoms with Gasteiger partial charge in [0.15, 0.2) is 11.5 Å². The second-order valence-electron chi connectivity index (χ2n) is 10.8. The van der Waals surface area contributed by atoms with E-state index < -0.39 is 23.1 Å². The molecule has 3 atom stereocenters. The summed E-state index contributed by atoms with van der Waals surface area (Å²) in [5.41, 5.74) is 3.76. The Labute approximate surface area is 287 Å². The van der Waals surface area contributed by atoms with Crippen LogP contribution < -0.4 is 14.8 Å². The number of aliphatic carboxylic acids is 1. The fourth-order valence-corrected chi connectivity index (χ4v) is 5.48. The number of nitrogens with one attached hydrogen (secondary N) is 1. The van der Waals surface area contributed by atoms with Crippen molar-refractivity contribution in [3.63, 3.8) is 0 Å². The maximum absolute atomic E-state index is 11.1. The third-order valence-electron chi connectivity index (χ3n) is 7.34. The van der Waals surface area contributed by atoms with Crippen LogP contribution in [0.2, 0.25) is 0 Å². The van der Waals surface area contributed by atoms with Gasteiger partial charge in [0.05, 0.1) is 33.5 Å². The predicted molar refractivity (Wildman–Crippen MR) is 185 cm³/mol. The van der Waals surface area contributed by atoms with Gasteiger partial charge in [-0.25, -0.2) is 0 Å². The van der Waals surface area contributed by atoms with Gasteiger partial charge in [0, 0.05) is 24.1 Å². The van der Waals surface area contributed by atoms with Gasteiger partial charge in [-0.2, -0.15) is 11.8 Å². The zero-order valence-corrected chi connectivity index (χ0v) is 29.0. The number of carbonyl (C=O) groups is 2. The van der Waals surface area contributed by atoms with Gasteiger partial charge in [-0.3, -0.25) is 15.0 Å². The zero-order chi connectivity index (χ0) is 35.7. The predicted octanol–water partition coefficient (Wildman–Crippen LogP) is 4.20.